The highest BCUT2D eigenvalue weighted by atomic mass is 35.5. The van der Waals surface area contributed by atoms with E-state index in [4.69, 9.17) is 0 Å². The van der Waals surface area contributed by atoms with E-state index in [1.54, 1.807) is 0 Å². The highest BCUT2D eigenvalue weighted by Gasteiger charge is 2.35. The predicted molar refractivity (Wildman–Crippen MR) is 78.5 cm³/mol. The third-order valence-corrected chi connectivity index (χ3v) is 4.83. The fourth-order valence-electron chi connectivity index (χ4n) is 3.54. The van der Waals surface area contributed by atoms with Gasteiger partial charge in [0.1, 0.15) is 0 Å². The number of nitrogens with zero attached hydrogens (tertiary/aromatic N) is 2. The van der Waals surface area contributed by atoms with Gasteiger partial charge in [-0.15, -0.1) is 12.4 Å². The highest BCUT2D eigenvalue weighted by molar-refractivity contribution is 5.85. The minimum atomic E-state index is 0. The summed E-state index contributed by atoms with van der Waals surface area (Å²) in [6, 6.07) is 1.79. The lowest BCUT2D eigenvalue weighted by Gasteiger charge is -2.31. The van der Waals surface area contributed by atoms with Crippen LogP contribution in [0.2, 0.25) is 0 Å². The zero-order valence-electron chi connectivity index (χ0n) is 11.6. The third kappa shape index (κ3) is 3.60. The maximum absolute atomic E-state index is 3.53. The molecular formula is C14H28ClN3. The van der Waals surface area contributed by atoms with E-state index >= 15 is 0 Å². The van der Waals surface area contributed by atoms with Crippen molar-refractivity contribution in [2.45, 2.75) is 44.2 Å². The van der Waals surface area contributed by atoms with Gasteiger partial charge in [-0.05, 0) is 58.2 Å². The van der Waals surface area contributed by atoms with Gasteiger partial charge in [-0.3, -0.25) is 4.90 Å². The Bertz CT molecular complexity index is 251. The normalized spacial score (nSPS) is 33.7. The van der Waals surface area contributed by atoms with Crippen molar-refractivity contribution in [1.29, 1.82) is 0 Å². The van der Waals surface area contributed by atoms with Gasteiger partial charge in [-0.25, -0.2) is 0 Å². The number of hydrogen-bond acceptors (Lipinski definition) is 3. The van der Waals surface area contributed by atoms with E-state index in [2.05, 4.69) is 22.2 Å². The van der Waals surface area contributed by atoms with Gasteiger partial charge in [0.25, 0.3) is 0 Å². The number of hydrogen-bond donors (Lipinski definition) is 1. The molecule has 0 aromatic heterocycles. The lowest BCUT2D eigenvalue weighted by Crippen LogP contribution is -2.42. The topological polar surface area (TPSA) is 18.5 Å². The molecule has 3 nitrogen and oxygen atoms in total. The minimum Gasteiger partial charge on any atom is -0.316 e. The summed E-state index contributed by atoms with van der Waals surface area (Å²) in [4.78, 5) is 5.36. The van der Waals surface area contributed by atoms with Crippen LogP contribution in [-0.2, 0) is 0 Å². The van der Waals surface area contributed by atoms with Crippen molar-refractivity contribution in [3.63, 3.8) is 0 Å². The van der Waals surface area contributed by atoms with Crippen molar-refractivity contribution in [3.05, 3.63) is 0 Å². The van der Waals surface area contributed by atoms with E-state index in [1.165, 1.54) is 64.8 Å². The summed E-state index contributed by atoms with van der Waals surface area (Å²) in [5.74, 6) is 0.892. The molecular weight excluding hydrogens is 246 g/mol. The maximum atomic E-state index is 3.53. The Morgan fingerprint density at radius 3 is 2.72 bits per heavy atom. The zero-order valence-corrected chi connectivity index (χ0v) is 12.4. The molecule has 0 bridgehead atoms. The lowest BCUT2D eigenvalue weighted by atomic mass is 9.98. The van der Waals surface area contributed by atoms with E-state index in [-0.39, 0.29) is 12.4 Å². The second kappa shape index (κ2) is 6.56. The summed E-state index contributed by atoms with van der Waals surface area (Å²) in [6.07, 6.45) is 7.12. The summed E-state index contributed by atoms with van der Waals surface area (Å²) in [6.45, 7) is 6.46. The Labute approximate surface area is 118 Å². The van der Waals surface area contributed by atoms with Crippen molar-refractivity contribution in [1.82, 2.24) is 15.1 Å². The fourth-order valence-corrected chi connectivity index (χ4v) is 3.54. The molecule has 2 aliphatic heterocycles. The van der Waals surface area contributed by atoms with Crippen molar-refractivity contribution in [3.8, 4) is 0 Å². The minimum absolute atomic E-state index is 0. The smallest absolute Gasteiger partial charge is 0.0232 e. The summed E-state index contributed by atoms with van der Waals surface area (Å²) in [5, 5.41) is 3.53. The molecule has 1 saturated carbocycles. The summed E-state index contributed by atoms with van der Waals surface area (Å²) >= 11 is 0. The van der Waals surface area contributed by atoms with Gasteiger partial charge < -0.3 is 10.2 Å². The average Bonchev–Trinajstić information content (AvgIpc) is 3.08. The van der Waals surface area contributed by atoms with E-state index in [0.717, 1.165) is 18.0 Å². The second-order valence-corrected chi connectivity index (χ2v) is 6.32. The van der Waals surface area contributed by atoms with Gasteiger partial charge in [-0.2, -0.15) is 0 Å². The molecule has 0 amide bonds. The first kappa shape index (κ1) is 14.6. The first-order chi connectivity index (χ1) is 8.33. The van der Waals surface area contributed by atoms with Gasteiger partial charge >= 0.3 is 0 Å². The van der Waals surface area contributed by atoms with E-state index in [1.807, 2.05) is 0 Å². The molecule has 0 aromatic carbocycles. The van der Waals surface area contributed by atoms with Crippen LogP contribution >= 0.6 is 12.4 Å². The van der Waals surface area contributed by atoms with E-state index in [0.29, 0.717) is 0 Å². The molecule has 2 unspecified atom stereocenters. The Balaban J connectivity index is 0.00000120. The molecule has 2 heterocycles. The standard InChI is InChI=1S/C14H27N3.ClH/c1-16(10-12-3-2-7-15-9-12)14-6-8-17(11-14)13-4-5-13;/h12-15H,2-11H2,1H3;1H. The first-order valence-electron chi connectivity index (χ1n) is 7.48. The Morgan fingerprint density at radius 1 is 1.22 bits per heavy atom. The molecule has 106 valence electrons. The number of rotatable bonds is 4. The molecule has 18 heavy (non-hydrogen) atoms. The van der Waals surface area contributed by atoms with Crippen LogP contribution in [0.15, 0.2) is 0 Å². The van der Waals surface area contributed by atoms with Gasteiger partial charge in [0.15, 0.2) is 0 Å². The molecule has 1 aliphatic carbocycles. The monoisotopic (exact) mass is 273 g/mol. The Kier molecular flexibility index (Phi) is 5.31. The van der Waals surface area contributed by atoms with Crippen LogP contribution in [-0.4, -0.2) is 61.7 Å². The van der Waals surface area contributed by atoms with Gasteiger partial charge in [0.05, 0.1) is 0 Å². The van der Waals surface area contributed by atoms with Crippen LogP contribution in [0, 0.1) is 5.92 Å². The van der Waals surface area contributed by atoms with Crippen LogP contribution in [0.1, 0.15) is 32.1 Å². The van der Waals surface area contributed by atoms with E-state index in [9.17, 15) is 0 Å². The van der Waals surface area contributed by atoms with Crippen molar-refractivity contribution >= 4 is 12.4 Å². The number of piperidine rings is 1. The van der Waals surface area contributed by atoms with Gasteiger partial charge in [0.2, 0.25) is 0 Å². The Morgan fingerprint density at radius 2 is 2.06 bits per heavy atom. The maximum Gasteiger partial charge on any atom is 0.0232 e. The average molecular weight is 274 g/mol. The predicted octanol–water partition coefficient (Wildman–Crippen LogP) is 1.58. The number of likely N-dealkylation sites (N-methyl/N-ethyl adjacent to an activating group) is 1. The summed E-state index contributed by atoms with van der Waals surface area (Å²) < 4.78 is 0. The quantitative estimate of drug-likeness (QED) is 0.839. The molecule has 2 atom stereocenters. The fraction of sp³-hybridized carbons (Fsp3) is 1.00. The highest BCUT2D eigenvalue weighted by Crippen LogP contribution is 2.31. The van der Waals surface area contributed by atoms with Crippen LogP contribution in [0.5, 0.6) is 0 Å². The van der Waals surface area contributed by atoms with Crippen molar-refractivity contribution in [2.75, 3.05) is 39.8 Å². The van der Waals surface area contributed by atoms with Crippen LogP contribution in [0.4, 0.5) is 0 Å². The molecule has 4 heteroatoms. The third-order valence-electron chi connectivity index (χ3n) is 4.83. The van der Waals surface area contributed by atoms with Crippen molar-refractivity contribution in [2.24, 2.45) is 5.92 Å². The molecule has 0 aromatic rings. The molecule has 1 N–H and O–H groups in total. The zero-order chi connectivity index (χ0) is 11.7. The molecule has 0 radical (unpaired) electrons. The first-order valence-corrected chi connectivity index (χ1v) is 7.48. The van der Waals surface area contributed by atoms with Crippen LogP contribution in [0.3, 0.4) is 0 Å². The summed E-state index contributed by atoms with van der Waals surface area (Å²) in [7, 11) is 2.34. The van der Waals surface area contributed by atoms with Gasteiger partial charge in [-0.1, -0.05) is 0 Å². The van der Waals surface area contributed by atoms with Crippen molar-refractivity contribution < 1.29 is 0 Å². The molecule has 0 spiro atoms. The van der Waals surface area contributed by atoms with Gasteiger partial charge in [0, 0.05) is 31.7 Å². The second-order valence-electron chi connectivity index (χ2n) is 6.32. The molecule has 2 saturated heterocycles. The Hall–Kier alpha value is 0.170. The molecule has 3 rings (SSSR count). The molecule has 3 aliphatic rings. The largest absolute Gasteiger partial charge is 0.316 e. The number of likely N-dealkylation sites (tertiary alicyclic amines) is 1. The van der Waals surface area contributed by atoms with Crippen LogP contribution in [0.25, 0.3) is 0 Å². The molecule has 3 fully saturated rings. The van der Waals surface area contributed by atoms with E-state index < -0.39 is 0 Å². The lowest BCUT2D eigenvalue weighted by molar-refractivity contribution is 0.184. The van der Waals surface area contributed by atoms with Crippen LogP contribution < -0.4 is 5.32 Å². The SMILES string of the molecule is CN(CC1CCCNC1)C1CCN(C2CC2)C1.Cl. The number of nitrogens with one attached hydrogen (secondary N) is 1. The summed E-state index contributed by atoms with van der Waals surface area (Å²) in [5.41, 5.74) is 0. The number of halogens is 1.